The Kier molecular flexibility index (Phi) is 11.3. The highest BCUT2D eigenvalue weighted by Crippen LogP contribution is 2.13. The Morgan fingerprint density at radius 1 is 1.22 bits per heavy atom. The molecule has 27 heavy (non-hydrogen) atoms. The van der Waals surface area contributed by atoms with Crippen LogP contribution < -0.4 is 16.0 Å². The maximum atomic E-state index is 11.7. The average Bonchev–Trinajstić information content (AvgIpc) is 2.62. The van der Waals surface area contributed by atoms with Gasteiger partial charge in [0.25, 0.3) is 0 Å². The summed E-state index contributed by atoms with van der Waals surface area (Å²) in [7, 11) is 1.77. The maximum absolute atomic E-state index is 11.7. The lowest BCUT2D eigenvalue weighted by atomic mass is 10.0. The molecule has 7 heteroatoms. The molecule has 2 rings (SSSR count). The van der Waals surface area contributed by atoms with Gasteiger partial charge >= 0.3 is 0 Å². The smallest absolute Gasteiger partial charge is 0.221 e. The quantitative estimate of drug-likeness (QED) is 0.314. The number of aliphatic imine (C=N–C) groups is 1. The van der Waals surface area contributed by atoms with E-state index in [9.17, 15) is 4.79 Å². The van der Waals surface area contributed by atoms with Gasteiger partial charge < -0.3 is 16.0 Å². The van der Waals surface area contributed by atoms with E-state index in [1.54, 1.807) is 7.05 Å². The molecule has 0 saturated carbocycles. The summed E-state index contributed by atoms with van der Waals surface area (Å²) < 4.78 is 0. The topological polar surface area (TPSA) is 68.8 Å². The first kappa shape index (κ1) is 23.7. The van der Waals surface area contributed by atoms with E-state index in [1.807, 2.05) is 13.8 Å². The molecular weight excluding hydrogens is 453 g/mol. The summed E-state index contributed by atoms with van der Waals surface area (Å²) in [6, 6.07) is 11.2. The number of guanidine groups is 1. The second-order valence-corrected chi connectivity index (χ2v) is 7.15. The highest BCUT2D eigenvalue weighted by Gasteiger charge is 2.20. The minimum Gasteiger partial charge on any atom is -0.356 e. The van der Waals surface area contributed by atoms with Crippen molar-refractivity contribution >= 4 is 35.8 Å². The number of amides is 1. The third-order valence-electron chi connectivity index (χ3n) is 4.50. The predicted octanol–water partition coefficient (Wildman–Crippen LogP) is 2.35. The lowest BCUT2D eigenvalue weighted by molar-refractivity contribution is -0.121. The fourth-order valence-corrected chi connectivity index (χ4v) is 3.15. The lowest BCUT2D eigenvalue weighted by Gasteiger charge is -2.33. The van der Waals surface area contributed by atoms with Gasteiger partial charge in [0.05, 0.1) is 0 Å². The monoisotopic (exact) mass is 487 g/mol. The van der Waals surface area contributed by atoms with Crippen molar-refractivity contribution in [1.82, 2.24) is 20.9 Å². The van der Waals surface area contributed by atoms with Crippen LogP contribution in [0.15, 0.2) is 35.3 Å². The number of hydrogen-bond donors (Lipinski definition) is 3. The number of nitrogens with zero attached hydrogens (tertiary/aromatic N) is 2. The first-order chi connectivity index (χ1) is 12.6. The van der Waals surface area contributed by atoms with E-state index in [0.717, 1.165) is 38.4 Å². The molecule has 3 N–H and O–H groups in total. The molecular formula is C20H34IN5O. The van der Waals surface area contributed by atoms with Crippen LogP contribution in [0.3, 0.4) is 0 Å². The molecule has 0 bridgehead atoms. The van der Waals surface area contributed by atoms with Crippen LogP contribution in [-0.4, -0.2) is 55.5 Å². The zero-order valence-electron chi connectivity index (χ0n) is 16.7. The molecule has 1 fully saturated rings. The summed E-state index contributed by atoms with van der Waals surface area (Å²) in [5.41, 5.74) is 1.37. The van der Waals surface area contributed by atoms with Gasteiger partial charge in [-0.2, -0.15) is 0 Å². The molecule has 1 heterocycles. The van der Waals surface area contributed by atoms with Gasteiger partial charge in [0.2, 0.25) is 5.91 Å². The second-order valence-electron chi connectivity index (χ2n) is 7.15. The number of nitrogens with one attached hydrogen (secondary N) is 3. The Hall–Kier alpha value is -1.35. The number of piperidine rings is 1. The number of carbonyl (C=O) groups excluding carboxylic acids is 1. The largest absolute Gasteiger partial charge is 0.356 e. The Bertz CT molecular complexity index is 571. The number of hydrogen-bond acceptors (Lipinski definition) is 3. The summed E-state index contributed by atoms with van der Waals surface area (Å²) >= 11 is 0. The Morgan fingerprint density at radius 3 is 2.48 bits per heavy atom. The van der Waals surface area contributed by atoms with Crippen molar-refractivity contribution in [2.45, 2.75) is 51.7 Å². The normalized spacial score (nSPS) is 15.9. The van der Waals surface area contributed by atoms with E-state index in [1.165, 1.54) is 5.56 Å². The van der Waals surface area contributed by atoms with Gasteiger partial charge in [0.15, 0.2) is 5.96 Å². The molecule has 0 aromatic heterocycles. The van der Waals surface area contributed by atoms with Crippen molar-refractivity contribution in [2.24, 2.45) is 4.99 Å². The molecule has 1 saturated heterocycles. The molecule has 152 valence electrons. The molecule has 0 radical (unpaired) electrons. The van der Waals surface area contributed by atoms with Gasteiger partial charge in [0, 0.05) is 51.7 Å². The number of carbonyl (C=O) groups is 1. The van der Waals surface area contributed by atoms with E-state index < -0.39 is 0 Å². The Morgan fingerprint density at radius 2 is 1.89 bits per heavy atom. The SMILES string of the molecule is CN=C(NCCC(=O)NC(C)C)NC1CCN(Cc2ccccc2)CC1.I. The van der Waals surface area contributed by atoms with Crippen molar-refractivity contribution in [2.75, 3.05) is 26.7 Å². The summed E-state index contributed by atoms with van der Waals surface area (Å²) in [6.07, 6.45) is 2.65. The maximum Gasteiger partial charge on any atom is 0.221 e. The molecule has 1 amide bonds. The highest BCUT2D eigenvalue weighted by molar-refractivity contribution is 14.0. The second kappa shape index (κ2) is 12.9. The summed E-state index contributed by atoms with van der Waals surface area (Å²) in [5.74, 6) is 0.848. The molecule has 1 aromatic rings. The van der Waals surface area contributed by atoms with E-state index in [4.69, 9.17) is 0 Å². The Balaban J connectivity index is 0.00000364. The Labute approximate surface area is 180 Å². The zero-order chi connectivity index (χ0) is 18.8. The van der Waals surface area contributed by atoms with Gasteiger partial charge in [0.1, 0.15) is 0 Å². The van der Waals surface area contributed by atoms with E-state index in [-0.39, 0.29) is 35.9 Å². The first-order valence-electron chi connectivity index (χ1n) is 9.59. The van der Waals surface area contributed by atoms with Crippen molar-refractivity contribution in [3.63, 3.8) is 0 Å². The van der Waals surface area contributed by atoms with E-state index >= 15 is 0 Å². The van der Waals surface area contributed by atoms with Crippen LogP contribution in [0.2, 0.25) is 0 Å². The standard InChI is InChI=1S/C20H33N5O.HI/c1-16(2)23-19(26)9-12-22-20(21-3)24-18-10-13-25(14-11-18)15-17-7-5-4-6-8-17;/h4-8,16,18H,9-15H2,1-3H3,(H,23,26)(H2,21,22,24);1H. The van der Waals surface area contributed by atoms with Gasteiger partial charge in [-0.15, -0.1) is 24.0 Å². The third kappa shape index (κ3) is 9.41. The molecule has 0 atom stereocenters. The van der Waals surface area contributed by atoms with Crippen LogP contribution >= 0.6 is 24.0 Å². The first-order valence-corrected chi connectivity index (χ1v) is 9.59. The van der Waals surface area contributed by atoms with Crippen LogP contribution in [0.5, 0.6) is 0 Å². The molecule has 1 aliphatic heterocycles. The van der Waals surface area contributed by atoms with Crippen molar-refractivity contribution in [1.29, 1.82) is 0 Å². The van der Waals surface area contributed by atoms with E-state index in [2.05, 4.69) is 56.2 Å². The molecule has 0 spiro atoms. The van der Waals surface area contributed by atoms with Crippen molar-refractivity contribution < 1.29 is 4.79 Å². The molecule has 0 aliphatic carbocycles. The van der Waals surface area contributed by atoms with Crippen LogP contribution in [0.4, 0.5) is 0 Å². The highest BCUT2D eigenvalue weighted by atomic mass is 127. The number of halogens is 1. The zero-order valence-corrected chi connectivity index (χ0v) is 19.0. The van der Waals surface area contributed by atoms with Gasteiger partial charge in [-0.3, -0.25) is 14.7 Å². The summed E-state index contributed by atoms with van der Waals surface area (Å²) in [6.45, 7) is 7.71. The van der Waals surface area contributed by atoms with Crippen molar-refractivity contribution in [3.05, 3.63) is 35.9 Å². The van der Waals surface area contributed by atoms with Crippen molar-refractivity contribution in [3.8, 4) is 0 Å². The van der Waals surface area contributed by atoms with Crippen LogP contribution in [0.25, 0.3) is 0 Å². The average molecular weight is 487 g/mol. The predicted molar refractivity (Wildman–Crippen MR) is 123 cm³/mol. The number of benzene rings is 1. The minimum atomic E-state index is 0. The molecule has 6 nitrogen and oxygen atoms in total. The van der Waals surface area contributed by atoms with Crippen LogP contribution in [-0.2, 0) is 11.3 Å². The molecule has 0 unspecified atom stereocenters. The molecule has 1 aromatic carbocycles. The molecule has 1 aliphatic rings. The number of likely N-dealkylation sites (tertiary alicyclic amines) is 1. The fourth-order valence-electron chi connectivity index (χ4n) is 3.15. The van der Waals surface area contributed by atoms with Crippen LogP contribution in [0.1, 0.15) is 38.7 Å². The number of rotatable bonds is 7. The third-order valence-corrected chi connectivity index (χ3v) is 4.50. The van der Waals surface area contributed by atoms with Crippen LogP contribution in [0, 0.1) is 0 Å². The van der Waals surface area contributed by atoms with Gasteiger partial charge in [-0.25, -0.2) is 0 Å². The van der Waals surface area contributed by atoms with Gasteiger partial charge in [-0.1, -0.05) is 30.3 Å². The fraction of sp³-hybridized carbons (Fsp3) is 0.600. The van der Waals surface area contributed by atoms with Gasteiger partial charge in [-0.05, 0) is 32.3 Å². The summed E-state index contributed by atoms with van der Waals surface area (Å²) in [5, 5.41) is 9.62. The van der Waals surface area contributed by atoms with E-state index in [0.29, 0.717) is 19.0 Å². The summed E-state index contributed by atoms with van der Waals surface area (Å²) in [4.78, 5) is 18.5. The lowest BCUT2D eigenvalue weighted by Crippen LogP contribution is -2.49. The minimum absolute atomic E-state index is 0.